The van der Waals surface area contributed by atoms with Crippen molar-refractivity contribution in [2.24, 2.45) is 0 Å². The van der Waals surface area contributed by atoms with Gasteiger partial charge in [-0.2, -0.15) is 22.5 Å². The molecule has 2 fully saturated rings. The number of carbonyl (C=O) groups excluding carboxylic acids is 1. The van der Waals surface area contributed by atoms with Crippen LogP contribution in [0.4, 0.5) is 14.6 Å². The van der Waals surface area contributed by atoms with Crippen molar-refractivity contribution in [1.29, 1.82) is 5.26 Å². The van der Waals surface area contributed by atoms with Gasteiger partial charge in [0, 0.05) is 0 Å². The van der Waals surface area contributed by atoms with E-state index in [4.69, 9.17) is 45.5 Å². The summed E-state index contributed by atoms with van der Waals surface area (Å²) in [6, 6.07) is 1.36. The number of H-pyrrole nitrogens is 1. The molecule has 6 heterocycles. The van der Waals surface area contributed by atoms with E-state index in [2.05, 4.69) is 56.9 Å². The first kappa shape index (κ1) is 56.0. The number of nitriles is 1. The highest BCUT2D eigenvalue weighted by atomic mass is 35.5. The second-order valence-corrected chi connectivity index (χ2v) is 23.0. The topological polar surface area (TPSA) is 525 Å². The van der Waals surface area contributed by atoms with Gasteiger partial charge in [0.25, 0.3) is 11.5 Å². The van der Waals surface area contributed by atoms with E-state index in [9.17, 15) is 71.5 Å². The molecule has 2 saturated heterocycles. The smallest absolute Gasteiger partial charge is 0.387 e. The Morgan fingerprint density at radius 1 is 0.794 bits per heavy atom. The average molecular weight is 1120 g/mol. The summed E-state index contributed by atoms with van der Waals surface area (Å²) in [6.07, 6.45) is -11.1. The number of rotatable bonds is 17. The van der Waals surface area contributed by atoms with Crippen LogP contribution in [0.3, 0.4) is 0 Å². The molecule has 0 spiro atoms. The molecular formula is C24H34ClF2N9O26P6. The molecule has 13 N–H and O–H groups in total. The van der Waals surface area contributed by atoms with Gasteiger partial charge in [-0.15, -0.1) is 11.6 Å². The summed E-state index contributed by atoms with van der Waals surface area (Å²) in [5.74, 6) is -1.13. The molecule has 68 heavy (non-hydrogen) atoms. The average Bonchev–Trinajstić information content (AvgIpc) is 3.91. The number of alkyl halides is 3. The molecule has 3 aliphatic heterocycles. The van der Waals surface area contributed by atoms with Crippen molar-refractivity contribution in [2.45, 2.75) is 68.2 Å². The SMILES string of the molecule is CC1NC(=O)c2ncn([C@@H]3O[C@](CCl)(COP(=O)(O)OP(=O)(O)OP(=O)(O)O)[C@@H](O)[C@H]3F)c2N1.Cc1nc2c(ncn2[C@@H]2O[C@](C#N)(COP(=O)(O)OP(=O)(O)OP(=O)(O)O)[C@@H](O)[C@H]2F)c(=O)[nH]1. The van der Waals surface area contributed by atoms with Gasteiger partial charge in [-0.1, -0.05) is 0 Å². The maximum absolute atomic E-state index is 15.0. The predicted molar refractivity (Wildman–Crippen MR) is 209 cm³/mol. The molecule has 0 saturated carbocycles. The minimum absolute atomic E-state index is 0.0503. The normalized spacial score (nSPS) is 30.9. The largest absolute Gasteiger partial charge is 0.490 e. The van der Waals surface area contributed by atoms with Gasteiger partial charge in [0.05, 0.1) is 31.3 Å². The van der Waals surface area contributed by atoms with Crippen LogP contribution >= 0.6 is 58.5 Å². The Balaban J connectivity index is 0.000000254. The lowest BCUT2D eigenvalue weighted by molar-refractivity contribution is -0.111. The molecule has 3 aromatic rings. The fraction of sp³-hybridized carbons (Fsp3) is 0.583. The van der Waals surface area contributed by atoms with Crippen molar-refractivity contribution in [3.05, 3.63) is 34.5 Å². The number of aromatic nitrogens is 6. The first-order valence-corrected chi connectivity index (χ1v) is 27.2. The van der Waals surface area contributed by atoms with Crippen LogP contribution in [-0.2, 0) is 63.2 Å². The number of aliphatic hydroxyl groups is 2. The maximum Gasteiger partial charge on any atom is 0.490 e. The second kappa shape index (κ2) is 20.0. The minimum Gasteiger partial charge on any atom is -0.387 e. The quantitative estimate of drug-likeness (QED) is 0.0581. The minimum atomic E-state index is -5.86. The number of phosphoric acid groups is 6. The van der Waals surface area contributed by atoms with Crippen LogP contribution in [0.2, 0.25) is 0 Å². The number of phosphoric ester groups is 2. The number of hydrogen-bond donors (Lipinski definition) is 13. The van der Waals surface area contributed by atoms with Crippen molar-refractivity contribution in [3.63, 3.8) is 0 Å². The number of carbonyl (C=O) groups is 1. The van der Waals surface area contributed by atoms with E-state index in [1.807, 2.05) is 0 Å². The third-order valence-electron chi connectivity index (χ3n) is 8.82. The summed E-state index contributed by atoms with van der Waals surface area (Å²) in [4.78, 5) is 110. The van der Waals surface area contributed by atoms with E-state index in [1.54, 1.807) is 6.92 Å². The van der Waals surface area contributed by atoms with Crippen LogP contribution in [0.1, 0.15) is 35.7 Å². The Bertz CT molecular complexity index is 2820. The van der Waals surface area contributed by atoms with Gasteiger partial charge in [-0.3, -0.25) is 27.8 Å². The fourth-order valence-electron chi connectivity index (χ4n) is 6.08. The van der Waals surface area contributed by atoms with Crippen molar-refractivity contribution >= 4 is 81.4 Å². The van der Waals surface area contributed by atoms with Crippen LogP contribution in [0.25, 0.3) is 11.2 Å². The summed E-state index contributed by atoms with van der Waals surface area (Å²) in [6.45, 7) is 0.364. The summed E-state index contributed by atoms with van der Waals surface area (Å²) in [5, 5.41) is 35.5. The first-order valence-electron chi connectivity index (χ1n) is 17.6. The van der Waals surface area contributed by atoms with Gasteiger partial charge in [-0.25, -0.2) is 51.1 Å². The number of anilines is 1. The van der Waals surface area contributed by atoms with Crippen molar-refractivity contribution in [2.75, 3.05) is 24.4 Å². The van der Waals surface area contributed by atoms with E-state index in [1.165, 1.54) is 13.0 Å². The Labute approximate surface area is 379 Å². The van der Waals surface area contributed by atoms with E-state index in [0.29, 0.717) is 0 Å². The van der Waals surface area contributed by atoms with Crippen LogP contribution in [0, 0.1) is 18.3 Å². The molecule has 0 bridgehead atoms. The van der Waals surface area contributed by atoms with Crippen LogP contribution in [-0.4, -0.2) is 145 Å². The fourth-order valence-corrected chi connectivity index (χ4v) is 12.5. The number of aromatic amines is 1. The van der Waals surface area contributed by atoms with Gasteiger partial charge in [0.1, 0.15) is 42.1 Å². The van der Waals surface area contributed by atoms with Gasteiger partial charge in [-0.05, 0) is 13.8 Å². The summed E-state index contributed by atoms with van der Waals surface area (Å²) in [7, 11) is -34.2. The number of aryl methyl sites for hydroxylation is 1. The number of ether oxygens (including phenoxy) is 2. The molecule has 0 aliphatic carbocycles. The van der Waals surface area contributed by atoms with E-state index in [0.717, 1.165) is 21.8 Å². The molecular weight excluding hydrogens is 1090 g/mol. The van der Waals surface area contributed by atoms with E-state index >= 15 is 4.39 Å². The Morgan fingerprint density at radius 3 is 1.84 bits per heavy atom. The van der Waals surface area contributed by atoms with Gasteiger partial charge < -0.3 is 74.5 Å². The molecule has 3 aliphatic rings. The van der Waals surface area contributed by atoms with Crippen molar-refractivity contribution in [1.82, 2.24) is 34.4 Å². The molecule has 1 amide bonds. The zero-order chi connectivity index (χ0) is 51.4. The first-order chi connectivity index (χ1) is 31.0. The van der Waals surface area contributed by atoms with E-state index < -0.39 is 132 Å². The molecule has 3 aromatic heterocycles. The number of aliphatic hydroxyl groups excluding tert-OH is 2. The maximum atomic E-state index is 15.0. The highest BCUT2D eigenvalue weighted by Crippen LogP contribution is 2.68. The lowest BCUT2D eigenvalue weighted by Gasteiger charge is -2.30. The lowest BCUT2D eigenvalue weighted by Crippen LogP contribution is -2.47. The number of amides is 1. The van der Waals surface area contributed by atoms with Crippen molar-refractivity contribution < 1.29 is 126 Å². The predicted octanol–water partition coefficient (Wildman–Crippen LogP) is -0.805. The van der Waals surface area contributed by atoms with Crippen molar-refractivity contribution in [3.8, 4) is 6.07 Å². The van der Waals surface area contributed by atoms with Crippen LogP contribution in [0.15, 0.2) is 17.4 Å². The Hall–Kier alpha value is -2.87. The number of fused-ring (bicyclic) bond motifs is 2. The third-order valence-corrected chi connectivity index (χ3v) is 16.8. The number of imidazole rings is 2. The zero-order valence-electron chi connectivity index (χ0n) is 33.3. The Kier molecular flexibility index (Phi) is 16.5. The second-order valence-electron chi connectivity index (χ2n) is 13.9. The molecule has 35 nitrogen and oxygen atoms in total. The monoisotopic (exact) mass is 1120 g/mol. The lowest BCUT2D eigenvalue weighted by atomic mass is 9.99. The molecule has 5 unspecified atom stereocenters. The standard InChI is InChI=1S/C12H19ClFN4O13P3.C12H15FN5O13P3/c1-5-16-9-7(10(20)17-5)15-4-18(9)11-6(14)8(19)12(2-13,29-11)3-28-33(24,25)31-34(26,27)30-32(21,22)23;1-5-16-9-7(10(20)17-5)15-4-18(9)11-6(13)8(19)12(2-14,29-11)3-28-33(24,25)31-34(26,27)30-32(21,22)23/h4-6,8,11,16,19H,2-3H2,1H3,(H,17,20)(H,24,25)(H,26,27)(H2,21,22,23);4,6,8,11,19H,3H2,1H3,(H,24,25)(H,26,27)(H,16,17,20)(H2,21,22,23)/t5?,6-,8+,11-,12-;6-,8+,11-,12-/m11/s1. The van der Waals surface area contributed by atoms with Gasteiger partial charge in [0.2, 0.25) is 5.60 Å². The van der Waals surface area contributed by atoms with Gasteiger partial charge >= 0.3 is 46.9 Å². The molecule has 6 rings (SSSR count). The molecule has 0 radical (unpaired) electrons. The number of nitrogens with zero attached hydrogens (tertiary/aromatic N) is 6. The highest BCUT2D eigenvalue weighted by Gasteiger charge is 2.60. The zero-order valence-corrected chi connectivity index (χ0v) is 39.4. The number of nitrogens with one attached hydrogen (secondary N) is 3. The number of halogens is 3. The molecule has 0 aromatic carbocycles. The summed E-state index contributed by atoms with van der Waals surface area (Å²) in [5.41, 5.74) is -6.10. The number of hydrogen-bond acceptors (Lipinski definition) is 23. The van der Waals surface area contributed by atoms with Gasteiger partial charge in [0.15, 0.2) is 41.7 Å². The summed E-state index contributed by atoms with van der Waals surface area (Å²) >= 11 is 5.81. The van der Waals surface area contributed by atoms with Crippen LogP contribution < -0.4 is 16.2 Å². The van der Waals surface area contributed by atoms with Crippen LogP contribution in [0.5, 0.6) is 0 Å². The molecule has 382 valence electrons. The Morgan fingerprint density at radius 2 is 1.31 bits per heavy atom. The molecule has 13 atom stereocenters. The summed E-state index contributed by atoms with van der Waals surface area (Å²) < 4.78 is 134. The van der Waals surface area contributed by atoms with E-state index in [-0.39, 0.29) is 28.5 Å². The highest BCUT2D eigenvalue weighted by molar-refractivity contribution is 7.67. The molecule has 44 heteroatoms. The third kappa shape index (κ3) is 13.0.